The number of carbonyl (C=O) groups is 1. The fraction of sp³-hybridized carbons (Fsp3) is 0.182. The van der Waals surface area contributed by atoms with E-state index in [1.165, 1.54) is 0 Å². The molecule has 7 nitrogen and oxygen atoms in total. The molecule has 1 heterocycles. The molecule has 2 aromatic carbocycles. The molecule has 3 aromatic rings. The van der Waals surface area contributed by atoms with Gasteiger partial charge in [-0.15, -0.1) is 0 Å². The lowest BCUT2D eigenvalue weighted by atomic mass is 10.2. The second kappa shape index (κ2) is 9.85. The minimum Gasteiger partial charge on any atom is -0.493 e. The highest BCUT2D eigenvalue weighted by molar-refractivity contribution is 5.91. The molecule has 0 fully saturated rings. The summed E-state index contributed by atoms with van der Waals surface area (Å²) in [7, 11) is 1.57. The van der Waals surface area contributed by atoms with Crippen molar-refractivity contribution in [1.82, 2.24) is 5.32 Å². The molecule has 29 heavy (non-hydrogen) atoms. The van der Waals surface area contributed by atoms with Crippen LogP contribution in [0.4, 0.5) is 0 Å². The van der Waals surface area contributed by atoms with Crippen molar-refractivity contribution in [2.75, 3.05) is 20.3 Å². The molecule has 0 aliphatic carbocycles. The molecule has 1 N–H and O–H groups in total. The lowest BCUT2D eigenvalue weighted by molar-refractivity contribution is 0.0915. The molecule has 1 amide bonds. The van der Waals surface area contributed by atoms with E-state index in [0.29, 0.717) is 35.1 Å². The van der Waals surface area contributed by atoms with Crippen LogP contribution in [0.3, 0.4) is 0 Å². The zero-order valence-corrected chi connectivity index (χ0v) is 15.9. The highest BCUT2D eigenvalue weighted by Gasteiger charge is 2.12. The molecule has 0 aliphatic heterocycles. The molecule has 0 aliphatic rings. The molecule has 1 aromatic heterocycles. The summed E-state index contributed by atoms with van der Waals surface area (Å²) in [6.07, 6.45) is 0. The van der Waals surface area contributed by atoms with E-state index in [1.54, 1.807) is 55.6 Å². The number of carbonyl (C=O) groups excluding carboxylic acids is 1. The maximum Gasteiger partial charge on any atom is 0.287 e. The summed E-state index contributed by atoms with van der Waals surface area (Å²) < 4.78 is 21.9. The van der Waals surface area contributed by atoms with Crippen molar-refractivity contribution in [2.24, 2.45) is 0 Å². The number of rotatable bonds is 9. The van der Waals surface area contributed by atoms with Gasteiger partial charge in [-0.05, 0) is 36.4 Å². The van der Waals surface area contributed by atoms with Crippen LogP contribution in [0.15, 0.2) is 65.1 Å². The summed E-state index contributed by atoms with van der Waals surface area (Å²) in [4.78, 5) is 12.2. The van der Waals surface area contributed by atoms with Crippen LogP contribution in [-0.4, -0.2) is 26.2 Å². The third-order valence-corrected chi connectivity index (χ3v) is 3.98. The number of nitrogens with zero attached hydrogens (tertiary/aromatic N) is 1. The van der Waals surface area contributed by atoms with Crippen LogP contribution in [0.5, 0.6) is 17.2 Å². The Kier molecular flexibility index (Phi) is 6.74. The lowest BCUT2D eigenvalue weighted by Gasteiger charge is -2.10. The van der Waals surface area contributed by atoms with Gasteiger partial charge >= 0.3 is 0 Å². The van der Waals surface area contributed by atoms with Crippen molar-refractivity contribution < 1.29 is 23.4 Å². The first-order chi connectivity index (χ1) is 14.2. The Morgan fingerprint density at radius 1 is 1.00 bits per heavy atom. The van der Waals surface area contributed by atoms with Crippen LogP contribution in [-0.2, 0) is 6.61 Å². The van der Waals surface area contributed by atoms with Gasteiger partial charge < -0.3 is 23.9 Å². The lowest BCUT2D eigenvalue weighted by Crippen LogP contribution is -2.27. The smallest absolute Gasteiger partial charge is 0.287 e. The summed E-state index contributed by atoms with van der Waals surface area (Å²) in [5.41, 5.74) is 0.437. The average Bonchev–Trinajstić information content (AvgIpc) is 3.24. The third kappa shape index (κ3) is 5.30. The summed E-state index contributed by atoms with van der Waals surface area (Å²) in [6, 6.07) is 19.5. The van der Waals surface area contributed by atoms with E-state index < -0.39 is 0 Å². The zero-order chi connectivity index (χ0) is 20.5. The van der Waals surface area contributed by atoms with Crippen LogP contribution in [0.2, 0.25) is 0 Å². The zero-order valence-electron chi connectivity index (χ0n) is 15.9. The van der Waals surface area contributed by atoms with Crippen LogP contribution < -0.4 is 19.5 Å². The highest BCUT2D eigenvalue weighted by Crippen LogP contribution is 2.25. The average molecular weight is 392 g/mol. The van der Waals surface area contributed by atoms with Crippen LogP contribution >= 0.6 is 0 Å². The number of nitrogens with one attached hydrogen (secondary N) is 1. The Balaban J connectivity index is 1.46. The first-order valence-electron chi connectivity index (χ1n) is 8.96. The van der Waals surface area contributed by atoms with Gasteiger partial charge in [0.1, 0.15) is 30.8 Å². The summed E-state index contributed by atoms with van der Waals surface area (Å²) >= 11 is 0. The van der Waals surface area contributed by atoms with Gasteiger partial charge in [-0.2, -0.15) is 5.26 Å². The summed E-state index contributed by atoms with van der Waals surface area (Å²) in [6.45, 7) is 0.704. The van der Waals surface area contributed by atoms with E-state index in [-0.39, 0.29) is 24.9 Å². The molecule has 0 radical (unpaired) electrons. The number of methoxy groups -OCH3 is 1. The molecule has 0 atom stereocenters. The number of hydrogen-bond acceptors (Lipinski definition) is 6. The first kappa shape index (κ1) is 19.8. The Morgan fingerprint density at radius 2 is 1.72 bits per heavy atom. The highest BCUT2D eigenvalue weighted by atomic mass is 16.5. The molecular weight excluding hydrogens is 372 g/mol. The molecule has 0 unspecified atom stereocenters. The predicted octanol–water partition coefficient (Wildman–Crippen LogP) is 3.55. The molecular formula is C22H20N2O5. The SMILES string of the molecule is COc1ccccc1OCCNC(=O)c1ccc(COc2ccccc2C#N)o1. The van der Waals surface area contributed by atoms with Crippen molar-refractivity contribution in [3.05, 3.63) is 77.7 Å². The number of amides is 1. The maximum atomic E-state index is 12.2. The Labute approximate surface area is 168 Å². The van der Waals surface area contributed by atoms with Gasteiger partial charge in [0, 0.05) is 0 Å². The van der Waals surface area contributed by atoms with E-state index in [9.17, 15) is 4.79 Å². The third-order valence-electron chi connectivity index (χ3n) is 3.98. The Bertz CT molecular complexity index is 1010. The fourth-order valence-corrected chi connectivity index (χ4v) is 2.56. The fourth-order valence-electron chi connectivity index (χ4n) is 2.56. The van der Waals surface area contributed by atoms with Crippen molar-refractivity contribution in [1.29, 1.82) is 5.26 Å². The standard InChI is InChI=1S/C22H20N2O5/c1-26-19-8-4-5-9-20(19)27-13-12-24-22(25)21-11-10-17(29-21)15-28-18-7-3-2-6-16(18)14-23/h2-11H,12-13,15H2,1H3,(H,24,25). The molecule has 0 bridgehead atoms. The monoisotopic (exact) mass is 392 g/mol. The first-order valence-corrected chi connectivity index (χ1v) is 8.96. The molecule has 148 valence electrons. The Morgan fingerprint density at radius 3 is 2.48 bits per heavy atom. The summed E-state index contributed by atoms with van der Waals surface area (Å²) in [5, 5.41) is 11.8. The van der Waals surface area contributed by atoms with Crippen molar-refractivity contribution >= 4 is 5.91 Å². The minimum atomic E-state index is -0.350. The van der Waals surface area contributed by atoms with Gasteiger partial charge in [0.25, 0.3) is 5.91 Å². The predicted molar refractivity (Wildman–Crippen MR) is 105 cm³/mol. The van der Waals surface area contributed by atoms with Crippen LogP contribution in [0.1, 0.15) is 21.9 Å². The largest absolute Gasteiger partial charge is 0.493 e. The topological polar surface area (TPSA) is 93.7 Å². The maximum absolute atomic E-state index is 12.2. The second-order valence-corrected chi connectivity index (χ2v) is 5.92. The van der Waals surface area contributed by atoms with E-state index in [0.717, 1.165) is 0 Å². The van der Waals surface area contributed by atoms with Crippen molar-refractivity contribution in [2.45, 2.75) is 6.61 Å². The molecule has 3 rings (SSSR count). The van der Waals surface area contributed by atoms with Crippen LogP contribution in [0.25, 0.3) is 0 Å². The number of hydrogen-bond donors (Lipinski definition) is 1. The van der Waals surface area contributed by atoms with Gasteiger partial charge in [0.2, 0.25) is 0 Å². The Hall–Kier alpha value is -3.92. The van der Waals surface area contributed by atoms with Gasteiger partial charge in [-0.25, -0.2) is 0 Å². The summed E-state index contributed by atoms with van der Waals surface area (Å²) in [5.74, 6) is 2.01. The number of nitriles is 1. The second-order valence-electron chi connectivity index (χ2n) is 5.92. The van der Waals surface area contributed by atoms with Gasteiger partial charge in [0.15, 0.2) is 17.3 Å². The van der Waals surface area contributed by atoms with Crippen molar-refractivity contribution in [3.63, 3.8) is 0 Å². The number of para-hydroxylation sites is 3. The number of ether oxygens (including phenoxy) is 3. The van der Waals surface area contributed by atoms with Gasteiger partial charge in [-0.3, -0.25) is 4.79 Å². The van der Waals surface area contributed by atoms with Crippen molar-refractivity contribution in [3.8, 4) is 23.3 Å². The van der Waals surface area contributed by atoms with E-state index in [2.05, 4.69) is 11.4 Å². The number of benzene rings is 2. The van der Waals surface area contributed by atoms with Gasteiger partial charge in [-0.1, -0.05) is 24.3 Å². The minimum absolute atomic E-state index is 0.114. The molecule has 0 saturated carbocycles. The van der Waals surface area contributed by atoms with E-state index in [4.69, 9.17) is 23.9 Å². The van der Waals surface area contributed by atoms with Gasteiger partial charge in [0.05, 0.1) is 19.2 Å². The quantitative estimate of drug-likeness (QED) is 0.560. The normalized spacial score (nSPS) is 10.1. The van der Waals surface area contributed by atoms with E-state index >= 15 is 0 Å². The molecule has 7 heteroatoms. The number of furan rings is 1. The van der Waals surface area contributed by atoms with E-state index in [1.807, 2.05) is 12.1 Å². The molecule has 0 saturated heterocycles. The molecule has 0 spiro atoms. The van der Waals surface area contributed by atoms with Crippen LogP contribution in [0, 0.1) is 11.3 Å².